The number of amides is 1. The Morgan fingerprint density at radius 2 is 1.92 bits per heavy atom. The molecule has 1 aromatic heterocycles. The smallest absolute Gasteiger partial charge is 0.276 e. The van der Waals surface area contributed by atoms with Crippen LogP contribution in [-0.2, 0) is 6.54 Å². The van der Waals surface area contributed by atoms with Crippen LogP contribution in [-0.4, -0.2) is 20.8 Å². The molecule has 1 amide bonds. The normalized spacial score (nSPS) is 11.1. The first-order valence-electron chi connectivity index (χ1n) is 8.16. The summed E-state index contributed by atoms with van der Waals surface area (Å²) in [7, 11) is 0. The second-order valence-electron chi connectivity index (χ2n) is 6.39. The van der Waals surface area contributed by atoms with Gasteiger partial charge in [0.1, 0.15) is 5.75 Å². The molecule has 0 fully saturated rings. The van der Waals surface area contributed by atoms with Crippen LogP contribution in [0.2, 0.25) is 5.02 Å². The highest BCUT2D eigenvalue weighted by Crippen LogP contribution is 2.27. The largest absolute Gasteiger partial charge is 0.506 e. The number of benzene rings is 2. The standard InChI is InChI=1S/C19H18ClN3O3/c1-11(2)10-23-19(26)14-6-4-3-5-13(14)17(22-23)18(25)21-15-9-12(20)7-8-16(15)24/h3-9,11,24H,10H2,1-2H3,(H,21,25). The van der Waals surface area contributed by atoms with E-state index in [0.29, 0.717) is 22.3 Å². The first kappa shape index (κ1) is 17.9. The Labute approximate surface area is 155 Å². The summed E-state index contributed by atoms with van der Waals surface area (Å²) in [6.07, 6.45) is 0. The van der Waals surface area contributed by atoms with Gasteiger partial charge in [0.05, 0.1) is 11.1 Å². The van der Waals surface area contributed by atoms with Crippen LogP contribution in [0, 0.1) is 5.92 Å². The second-order valence-corrected chi connectivity index (χ2v) is 6.83. The minimum absolute atomic E-state index is 0.109. The van der Waals surface area contributed by atoms with Crippen LogP contribution >= 0.6 is 11.6 Å². The average molecular weight is 372 g/mol. The van der Waals surface area contributed by atoms with Crippen molar-refractivity contribution in [2.45, 2.75) is 20.4 Å². The summed E-state index contributed by atoms with van der Waals surface area (Å²) in [5.41, 5.74) is 0.0478. The SMILES string of the molecule is CC(C)Cn1nc(C(=O)Nc2cc(Cl)ccc2O)c2ccccc2c1=O. The van der Waals surface area contributed by atoms with E-state index in [1.807, 2.05) is 13.8 Å². The van der Waals surface area contributed by atoms with Crippen molar-refractivity contribution in [2.75, 3.05) is 5.32 Å². The fourth-order valence-electron chi connectivity index (χ4n) is 2.66. The van der Waals surface area contributed by atoms with Crippen molar-refractivity contribution < 1.29 is 9.90 Å². The van der Waals surface area contributed by atoms with Gasteiger partial charge >= 0.3 is 0 Å². The molecule has 0 aliphatic heterocycles. The van der Waals surface area contributed by atoms with E-state index in [9.17, 15) is 14.7 Å². The first-order chi connectivity index (χ1) is 12.4. The Balaban J connectivity index is 2.11. The number of anilines is 1. The summed E-state index contributed by atoms with van der Waals surface area (Å²) in [6.45, 7) is 4.33. The lowest BCUT2D eigenvalue weighted by Crippen LogP contribution is -2.29. The van der Waals surface area contributed by atoms with E-state index in [2.05, 4.69) is 10.4 Å². The number of fused-ring (bicyclic) bond motifs is 1. The third-order valence-electron chi connectivity index (χ3n) is 3.83. The maximum Gasteiger partial charge on any atom is 0.276 e. The molecule has 0 aliphatic rings. The molecule has 134 valence electrons. The van der Waals surface area contributed by atoms with Gasteiger partial charge in [-0.15, -0.1) is 0 Å². The summed E-state index contributed by atoms with van der Waals surface area (Å²) in [5.74, 6) is -0.451. The summed E-state index contributed by atoms with van der Waals surface area (Å²) < 4.78 is 1.31. The monoisotopic (exact) mass is 371 g/mol. The molecule has 3 rings (SSSR count). The number of phenols is 1. The van der Waals surface area contributed by atoms with Crippen LogP contribution in [0.5, 0.6) is 5.75 Å². The topological polar surface area (TPSA) is 84.2 Å². The third kappa shape index (κ3) is 3.55. The van der Waals surface area contributed by atoms with Gasteiger partial charge in [0.2, 0.25) is 0 Å². The molecular weight excluding hydrogens is 354 g/mol. The van der Waals surface area contributed by atoms with Crippen molar-refractivity contribution in [3.8, 4) is 5.75 Å². The van der Waals surface area contributed by atoms with Crippen molar-refractivity contribution in [3.63, 3.8) is 0 Å². The predicted octanol–water partition coefficient (Wildman–Crippen LogP) is 3.66. The van der Waals surface area contributed by atoms with Crippen molar-refractivity contribution in [1.29, 1.82) is 0 Å². The minimum atomic E-state index is -0.531. The predicted molar refractivity (Wildman–Crippen MR) is 102 cm³/mol. The van der Waals surface area contributed by atoms with E-state index in [4.69, 9.17) is 11.6 Å². The fraction of sp³-hybridized carbons (Fsp3) is 0.211. The van der Waals surface area contributed by atoms with Crippen LogP contribution in [0.25, 0.3) is 10.8 Å². The molecule has 3 aromatic rings. The molecule has 0 bridgehead atoms. The fourth-order valence-corrected chi connectivity index (χ4v) is 2.83. The Morgan fingerprint density at radius 1 is 1.23 bits per heavy atom. The number of nitrogens with zero attached hydrogens (tertiary/aromatic N) is 2. The molecule has 0 atom stereocenters. The number of aromatic nitrogens is 2. The Kier molecular flexibility index (Phi) is 4.95. The Morgan fingerprint density at radius 3 is 2.62 bits per heavy atom. The molecule has 0 aliphatic carbocycles. The quantitative estimate of drug-likeness (QED) is 0.685. The van der Waals surface area contributed by atoms with Gasteiger partial charge in [-0.1, -0.05) is 43.6 Å². The zero-order valence-corrected chi connectivity index (χ0v) is 15.1. The molecule has 0 saturated carbocycles. The molecular formula is C19H18ClN3O3. The second kappa shape index (κ2) is 7.17. The highest BCUT2D eigenvalue weighted by atomic mass is 35.5. The van der Waals surface area contributed by atoms with E-state index < -0.39 is 5.91 Å². The van der Waals surface area contributed by atoms with Gasteiger partial charge in [-0.05, 0) is 30.2 Å². The van der Waals surface area contributed by atoms with E-state index in [1.54, 1.807) is 24.3 Å². The third-order valence-corrected chi connectivity index (χ3v) is 4.06. The number of nitrogens with one attached hydrogen (secondary N) is 1. The zero-order valence-electron chi connectivity index (χ0n) is 14.4. The van der Waals surface area contributed by atoms with E-state index in [0.717, 1.165) is 0 Å². The molecule has 6 nitrogen and oxygen atoms in total. The van der Waals surface area contributed by atoms with Gasteiger partial charge in [0.15, 0.2) is 5.69 Å². The molecule has 26 heavy (non-hydrogen) atoms. The molecule has 2 N–H and O–H groups in total. The van der Waals surface area contributed by atoms with Gasteiger partial charge in [0, 0.05) is 17.0 Å². The number of hydrogen-bond acceptors (Lipinski definition) is 4. The Bertz CT molecular complexity index is 1040. The first-order valence-corrected chi connectivity index (χ1v) is 8.54. The maximum absolute atomic E-state index is 12.8. The van der Waals surface area contributed by atoms with Crippen LogP contribution in [0.15, 0.2) is 47.3 Å². The minimum Gasteiger partial charge on any atom is -0.506 e. The lowest BCUT2D eigenvalue weighted by atomic mass is 10.1. The van der Waals surface area contributed by atoms with Gasteiger partial charge in [-0.2, -0.15) is 5.10 Å². The van der Waals surface area contributed by atoms with Gasteiger partial charge in [-0.25, -0.2) is 4.68 Å². The maximum atomic E-state index is 12.8. The number of halogens is 1. The highest BCUT2D eigenvalue weighted by Gasteiger charge is 2.18. The van der Waals surface area contributed by atoms with Crippen molar-refractivity contribution in [3.05, 3.63) is 63.5 Å². The number of rotatable bonds is 4. The van der Waals surface area contributed by atoms with Gasteiger partial charge < -0.3 is 10.4 Å². The lowest BCUT2D eigenvalue weighted by molar-refractivity contribution is 0.102. The molecule has 0 unspecified atom stereocenters. The zero-order chi connectivity index (χ0) is 18.8. The van der Waals surface area contributed by atoms with Gasteiger partial charge in [-0.3, -0.25) is 9.59 Å². The van der Waals surface area contributed by atoms with Crippen LogP contribution in [0.1, 0.15) is 24.3 Å². The molecule has 0 saturated heterocycles. The van der Waals surface area contributed by atoms with Crippen LogP contribution < -0.4 is 10.9 Å². The highest BCUT2D eigenvalue weighted by molar-refractivity contribution is 6.31. The van der Waals surface area contributed by atoms with E-state index in [-0.39, 0.29) is 28.6 Å². The number of phenolic OH excluding ortho intramolecular Hbond substituents is 1. The van der Waals surface area contributed by atoms with Crippen LogP contribution in [0.3, 0.4) is 0 Å². The summed E-state index contributed by atoms with van der Waals surface area (Å²) in [5, 5.41) is 18.0. The average Bonchev–Trinajstić information content (AvgIpc) is 2.60. The number of carbonyl (C=O) groups is 1. The molecule has 0 radical (unpaired) electrons. The summed E-state index contributed by atoms with van der Waals surface area (Å²) in [6, 6.07) is 11.2. The molecule has 7 heteroatoms. The number of carbonyl (C=O) groups excluding carboxylic acids is 1. The Hall–Kier alpha value is -2.86. The summed E-state index contributed by atoms with van der Waals surface area (Å²) in [4.78, 5) is 25.4. The van der Waals surface area contributed by atoms with Crippen molar-refractivity contribution in [2.24, 2.45) is 5.92 Å². The molecule has 2 aromatic carbocycles. The van der Waals surface area contributed by atoms with Crippen molar-refractivity contribution >= 4 is 34.0 Å². The van der Waals surface area contributed by atoms with Crippen LogP contribution in [0.4, 0.5) is 5.69 Å². The lowest BCUT2D eigenvalue weighted by Gasteiger charge is -2.13. The summed E-state index contributed by atoms with van der Waals surface area (Å²) >= 11 is 5.92. The number of hydrogen-bond donors (Lipinski definition) is 2. The van der Waals surface area contributed by atoms with E-state index in [1.165, 1.54) is 22.9 Å². The van der Waals surface area contributed by atoms with Gasteiger partial charge in [0.25, 0.3) is 11.5 Å². The molecule has 1 heterocycles. The number of aromatic hydroxyl groups is 1. The van der Waals surface area contributed by atoms with Crippen molar-refractivity contribution in [1.82, 2.24) is 9.78 Å². The molecule has 0 spiro atoms. The van der Waals surface area contributed by atoms with E-state index >= 15 is 0 Å².